The van der Waals surface area contributed by atoms with E-state index in [-0.39, 0.29) is 24.9 Å². The molecule has 1 amide bonds. The van der Waals surface area contributed by atoms with Crippen LogP contribution in [-0.2, 0) is 24.0 Å². The standard InChI is InChI=1S/C12H14N2O4.C2HF3O2/c1-8(9-2-4-13-5-3-9)18-14-12(16)11-6-10(15)7-17-11;3-2(4,5)1(6)7/h2-5,8,11H,6-7H2,1H3,(H,14,16);(H,6,7)/t8-,11?;/m0./s1. The number of hydrogen-bond acceptors (Lipinski definition) is 6. The van der Waals surface area contributed by atoms with Crippen LogP contribution in [0.15, 0.2) is 24.5 Å². The summed E-state index contributed by atoms with van der Waals surface area (Å²) in [5.74, 6) is -3.26. The van der Waals surface area contributed by atoms with E-state index in [0.29, 0.717) is 0 Å². The molecule has 1 aromatic heterocycles. The maximum absolute atomic E-state index is 11.6. The fourth-order valence-corrected chi connectivity index (χ4v) is 1.60. The molecule has 2 heterocycles. The number of ether oxygens (including phenoxy) is 1. The Morgan fingerprint density at radius 3 is 2.40 bits per heavy atom. The Labute approximate surface area is 139 Å². The smallest absolute Gasteiger partial charge is 0.475 e. The molecule has 1 fully saturated rings. The predicted octanol–water partition coefficient (Wildman–Crippen LogP) is 1.18. The van der Waals surface area contributed by atoms with E-state index in [4.69, 9.17) is 19.5 Å². The Balaban J connectivity index is 0.000000381. The van der Waals surface area contributed by atoms with E-state index < -0.39 is 24.2 Å². The highest BCUT2D eigenvalue weighted by Gasteiger charge is 2.38. The molecule has 1 aliphatic heterocycles. The molecule has 0 aliphatic carbocycles. The van der Waals surface area contributed by atoms with E-state index >= 15 is 0 Å². The van der Waals surface area contributed by atoms with Crippen LogP contribution in [0.1, 0.15) is 25.0 Å². The molecule has 2 rings (SSSR count). The van der Waals surface area contributed by atoms with Crippen molar-refractivity contribution in [2.24, 2.45) is 0 Å². The number of amides is 1. The number of hydrogen-bond donors (Lipinski definition) is 2. The first-order valence-electron chi connectivity index (χ1n) is 6.90. The Kier molecular flexibility index (Phi) is 7.45. The van der Waals surface area contributed by atoms with Gasteiger partial charge in [0.1, 0.15) is 18.8 Å². The lowest BCUT2D eigenvalue weighted by atomic mass is 10.2. The number of carboxylic acid groups (broad SMARTS) is 1. The number of Topliss-reactive ketones (excluding diaryl/α,β-unsaturated/α-hetero) is 1. The molecule has 138 valence electrons. The van der Waals surface area contributed by atoms with Crippen LogP contribution in [0.2, 0.25) is 0 Å². The number of pyridine rings is 1. The number of nitrogens with zero attached hydrogens (tertiary/aromatic N) is 1. The minimum absolute atomic E-state index is 0.00199. The van der Waals surface area contributed by atoms with Crippen LogP contribution in [-0.4, -0.2) is 46.6 Å². The molecule has 8 nitrogen and oxygen atoms in total. The first kappa shape index (κ1) is 20.5. The number of alkyl halides is 3. The number of ketones is 1. The van der Waals surface area contributed by atoms with E-state index in [9.17, 15) is 22.8 Å². The van der Waals surface area contributed by atoms with Gasteiger partial charge in [0.05, 0.1) is 0 Å². The molecular weight excluding hydrogens is 349 g/mol. The molecule has 0 saturated carbocycles. The third kappa shape index (κ3) is 7.27. The Morgan fingerprint density at radius 1 is 1.40 bits per heavy atom. The van der Waals surface area contributed by atoms with Gasteiger partial charge in [-0.1, -0.05) is 0 Å². The second-order valence-electron chi connectivity index (χ2n) is 4.85. The van der Waals surface area contributed by atoms with E-state index in [2.05, 4.69) is 10.5 Å². The van der Waals surface area contributed by atoms with Crippen molar-refractivity contribution in [3.8, 4) is 0 Å². The van der Waals surface area contributed by atoms with Gasteiger partial charge in [-0.05, 0) is 24.6 Å². The highest BCUT2D eigenvalue weighted by Crippen LogP contribution is 2.15. The Morgan fingerprint density at radius 2 is 1.96 bits per heavy atom. The zero-order chi connectivity index (χ0) is 19.0. The molecule has 1 aromatic rings. The lowest BCUT2D eigenvalue weighted by molar-refractivity contribution is -0.192. The molecule has 0 bridgehead atoms. The first-order chi connectivity index (χ1) is 11.6. The largest absolute Gasteiger partial charge is 0.490 e. The van der Waals surface area contributed by atoms with Crippen LogP contribution in [0, 0.1) is 0 Å². The number of aliphatic carboxylic acids is 1. The minimum Gasteiger partial charge on any atom is -0.475 e. The molecule has 1 unspecified atom stereocenters. The van der Waals surface area contributed by atoms with Crippen molar-refractivity contribution >= 4 is 17.7 Å². The molecule has 1 saturated heterocycles. The third-order valence-corrected chi connectivity index (χ3v) is 2.91. The van der Waals surface area contributed by atoms with Crippen molar-refractivity contribution in [1.82, 2.24) is 10.5 Å². The fourth-order valence-electron chi connectivity index (χ4n) is 1.60. The Bertz CT molecular complexity index is 608. The van der Waals surface area contributed by atoms with Gasteiger partial charge in [-0.25, -0.2) is 10.3 Å². The number of carboxylic acids is 1. The average molecular weight is 364 g/mol. The van der Waals surface area contributed by atoms with Gasteiger partial charge in [0.25, 0.3) is 5.91 Å². The number of rotatable bonds is 4. The van der Waals surface area contributed by atoms with Gasteiger partial charge in [0, 0.05) is 18.8 Å². The molecule has 2 N–H and O–H groups in total. The molecular formula is C14H15F3N2O6. The quantitative estimate of drug-likeness (QED) is 0.771. The Hall–Kier alpha value is -2.53. The fraction of sp³-hybridized carbons (Fsp3) is 0.429. The van der Waals surface area contributed by atoms with E-state index in [1.807, 2.05) is 0 Å². The number of hydroxylamine groups is 1. The maximum Gasteiger partial charge on any atom is 0.490 e. The summed E-state index contributed by atoms with van der Waals surface area (Å²) in [4.78, 5) is 40.6. The van der Waals surface area contributed by atoms with Crippen LogP contribution in [0.25, 0.3) is 0 Å². The summed E-state index contributed by atoms with van der Waals surface area (Å²) in [5, 5.41) is 7.12. The van der Waals surface area contributed by atoms with Gasteiger partial charge in [0.15, 0.2) is 5.78 Å². The molecule has 0 radical (unpaired) electrons. The van der Waals surface area contributed by atoms with E-state index in [1.165, 1.54) is 0 Å². The summed E-state index contributed by atoms with van der Waals surface area (Å²) >= 11 is 0. The van der Waals surface area contributed by atoms with Crippen LogP contribution in [0.3, 0.4) is 0 Å². The monoisotopic (exact) mass is 364 g/mol. The summed E-state index contributed by atoms with van der Waals surface area (Å²) in [6.07, 6.45) is -2.71. The van der Waals surface area contributed by atoms with E-state index in [0.717, 1.165) is 5.56 Å². The topological polar surface area (TPSA) is 115 Å². The molecule has 0 aromatic carbocycles. The van der Waals surface area contributed by atoms with Gasteiger partial charge >= 0.3 is 12.1 Å². The van der Waals surface area contributed by atoms with Gasteiger partial charge in [-0.3, -0.25) is 19.4 Å². The zero-order valence-electron chi connectivity index (χ0n) is 12.9. The maximum atomic E-state index is 11.6. The van der Waals surface area contributed by atoms with Crippen LogP contribution < -0.4 is 5.48 Å². The number of aromatic nitrogens is 1. The van der Waals surface area contributed by atoms with Crippen molar-refractivity contribution in [3.63, 3.8) is 0 Å². The van der Waals surface area contributed by atoms with Gasteiger partial charge in [-0.15, -0.1) is 0 Å². The second kappa shape index (κ2) is 9.08. The summed E-state index contributed by atoms with van der Waals surface area (Å²) in [6, 6.07) is 3.60. The zero-order valence-corrected chi connectivity index (χ0v) is 12.9. The molecule has 1 aliphatic rings. The second-order valence-corrected chi connectivity index (χ2v) is 4.85. The van der Waals surface area contributed by atoms with Crippen LogP contribution in [0.4, 0.5) is 13.2 Å². The first-order valence-corrected chi connectivity index (χ1v) is 6.90. The lowest BCUT2D eigenvalue weighted by Gasteiger charge is -2.15. The van der Waals surface area contributed by atoms with Crippen molar-refractivity contribution in [1.29, 1.82) is 0 Å². The number of carbonyl (C=O) groups excluding carboxylic acids is 2. The summed E-state index contributed by atoms with van der Waals surface area (Å²) in [5.41, 5.74) is 3.20. The van der Waals surface area contributed by atoms with Crippen LogP contribution >= 0.6 is 0 Å². The van der Waals surface area contributed by atoms with Gasteiger partial charge in [-0.2, -0.15) is 13.2 Å². The average Bonchev–Trinajstić information content (AvgIpc) is 2.99. The molecule has 11 heteroatoms. The number of carbonyl (C=O) groups is 3. The number of halogens is 3. The van der Waals surface area contributed by atoms with E-state index in [1.54, 1.807) is 31.5 Å². The molecule has 2 atom stereocenters. The number of nitrogens with one attached hydrogen (secondary N) is 1. The SMILES string of the molecule is C[C@H](ONC(=O)C1CC(=O)CO1)c1ccncc1.O=C(O)C(F)(F)F. The van der Waals surface area contributed by atoms with Crippen LogP contribution in [0.5, 0.6) is 0 Å². The molecule has 0 spiro atoms. The van der Waals surface area contributed by atoms with Crippen molar-refractivity contribution < 1.29 is 42.2 Å². The van der Waals surface area contributed by atoms with Gasteiger partial charge in [0.2, 0.25) is 0 Å². The highest BCUT2D eigenvalue weighted by atomic mass is 19.4. The summed E-state index contributed by atoms with van der Waals surface area (Å²) in [7, 11) is 0. The van der Waals surface area contributed by atoms with Crippen molar-refractivity contribution in [3.05, 3.63) is 30.1 Å². The molecule has 25 heavy (non-hydrogen) atoms. The van der Waals surface area contributed by atoms with Gasteiger partial charge < -0.3 is 9.84 Å². The highest BCUT2D eigenvalue weighted by molar-refractivity contribution is 5.91. The summed E-state index contributed by atoms with van der Waals surface area (Å²) in [6.45, 7) is 1.80. The normalized spacial score (nSPS) is 18.1. The minimum atomic E-state index is -5.08. The third-order valence-electron chi connectivity index (χ3n) is 2.91. The van der Waals surface area contributed by atoms with Crippen molar-refractivity contribution in [2.75, 3.05) is 6.61 Å². The van der Waals surface area contributed by atoms with Crippen molar-refractivity contribution in [2.45, 2.75) is 31.7 Å². The summed E-state index contributed by atoms with van der Waals surface area (Å²) < 4.78 is 36.7. The predicted molar refractivity (Wildman–Crippen MR) is 74.9 cm³/mol. The lowest BCUT2D eigenvalue weighted by Crippen LogP contribution is -2.35.